The van der Waals surface area contributed by atoms with Gasteiger partial charge in [0.2, 0.25) is 0 Å². The van der Waals surface area contributed by atoms with Crippen molar-refractivity contribution >= 4 is 0 Å². The summed E-state index contributed by atoms with van der Waals surface area (Å²) in [7, 11) is 1.88. The highest BCUT2D eigenvalue weighted by molar-refractivity contribution is 5.29. The highest BCUT2D eigenvalue weighted by Crippen LogP contribution is 2.21. The quantitative estimate of drug-likeness (QED) is 0.887. The molecular formula is C14H18N4O. The Kier molecular flexibility index (Phi) is 4.41. The Morgan fingerprint density at radius 1 is 1.21 bits per heavy atom. The van der Waals surface area contributed by atoms with Gasteiger partial charge in [0.1, 0.15) is 11.6 Å². The maximum Gasteiger partial charge on any atom is 0.149 e. The largest absolute Gasteiger partial charge is 0.492 e. The number of pyridine rings is 1. The third-order valence-corrected chi connectivity index (χ3v) is 2.73. The third-order valence-electron chi connectivity index (χ3n) is 2.73. The highest BCUT2D eigenvalue weighted by Gasteiger charge is 2.15. The van der Waals surface area contributed by atoms with Crippen molar-refractivity contribution in [3.05, 3.63) is 47.8 Å². The van der Waals surface area contributed by atoms with Crippen LogP contribution in [0.4, 0.5) is 0 Å². The van der Waals surface area contributed by atoms with E-state index < -0.39 is 0 Å². The first-order valence-electron chi connectivity index (χ1n) is 6.28. The van der Waals surface area contributed by atoms with Crippen LogP contribution in [0.3, 0.4) is 0 Å². The zero-order valence-corrected chi connectivity index (χ0v) is 11.4. The molecule has 0 saturated heterocycles. The van der Waals surface area contributed by atoms with Crippen molar-refractivity contribution in [3.8, 4) is 5.75 Å². The Morgan fingerprint density at radius 2 is 1.95 bits per heavy atom. The molecule has 2 rings (SSSR count). The number of hydrogen-bond acceptors (Lipinski definition) is 5. The number of nitrogens with zero attached hydrogens (tertiary/aromatic N) is 3. The Hall–Kier alpha value is -2.01. The summed E-state index contributed by atoms with van der Waals surface area (Å²) in [6.07, 6.45) is 7.13. The van der Waals surface area contributed by atoms with Crippen molar-refractivity contribution in [1.82, 2.24) is 20.3 Å². The fourth-order valence-corrected chi connectivity index (χ4v) is 1.84. The molecule has 0 saturated carbocycles. The molecule has 2 aromatic heterocycles. The molecular weight excluding hydrogens is 240 g/mol. The Morgan fingerprint density at radius 3 is 2.58 bits per heavy atom. The standard InChI is InChI=1S/C14H18N4O/c1-4-19-12-5-11(8-16-9-12)13(15-3)14-17-6-10(2)7-18-14/h5-9,13,15H,4H2,1-3H3. The van der Waals surface area contributed by atoms with Gasteiger partial charge in [0.15, 0.2) is 0 Å². The summed E-state index contributed by atoms with van der Waals surface area (Å²) in [5.74, 6) is 1.48. The van der Waals surface area contributed by atoms with Gasteiger partial charge in [-0.25, -0.2) is 9.97 Å². The van der Waals surface area contributed by atoms with E-state index in [2.05, 4.69) is 20.3 Å². The van der Waals surface area contributed by atoms with E-state index in [-0.39, 0.29) is 6.04 Å². The van der Waals surface area contributed by atoms with Crippen molar-refractivity contribution in [1.29, 1.82) is 0 Å². The monoisotopic (exact) mass is 258 g/mol. The SMILES string of the molecule is CCOc1cncc(C(NC)c2ncc(C)cn2)c1. The average molecular weight is 258 g/mol. The van der Waals surface area contributed by atoms with Crippen molar-refractivity contribution in [2.45, 2.75) is 19.9 Å². The second kappa shape index (κ2) is 6.24. The number of hydrogen-bond donors (Lipinski definition) is 1. The second-order valence-electron chi connectivity index (χ2n) is 4.23. The summed E-state index contributed by atoms with van der Waals surface area (Å²) in [6.45, 7) is 4.54. The maximum atomic E-state index is 5.47. The molecule has 0 spiro atoms. The van der Waals surface area contributed by atoms with Gasteiger partial charge in [0, 0.05) is 18.6 Å². The van der Waals surface area contributed by atoms with E-state index in [0.717, 1.165) is 22.7 Å². The molecule has 0 bridgehead atoms. The number of aryl methyl sites for hydroxylation is 1. The van der Waals surface area contributed by atoms with Crippen LogP contribution in [-0.2, 0) is 0 Å². The molecule has 5 heteroatoms. The van der Waals surface area contributed by atoms with Crippen LogP contribution in [0.1, 0.15) is 29.9 Å². The molecule has 0 aliphatic carbocycles. The molecule has 19 heavy (non-hydrogen) atoms. The summed E-state index contributed by atoms with van der Waals surface area (Å²) < 4.78 is 5.47. The highest BCUT2D eigenvalue weighted by atomic mass is 16.5. The van der Waals surface area contributed by atoms with Crippen LogP contribution in [0.5, 0.6) is 5.75 Å². The Labute approximate surface area is 113 Å². The van der Waals surface area contributed by atoms with Gasteiger partial charge in [0.25, 0.3) is 0 Å². The molecule has 5 nitrogen and oxygen atoms in total. The molecule has 0 radical (unpaired) electrons. The molecule has 0 fully saturated rings. The summed E-state index contributed by atoms with van der Waals surface area (Å²) in [5, 5.41) is 3.20. The molecule has 2 heterocycles. The van der Waals surface area contributed by atoms with Gasteiger partial charge in [-0.05, 0) is 38.1 Å². The first-order chi connectivity index (χ1) is 9.24. The van der Waals surface area contributed by atoms with Crippen LogP contribution in [0.15, 0.2) is 30.9 Å². The zero-order chi connectivity index (χ0) is 13.7. The third kappa shape index (κ3) is 3.26. The van der Waals surface area contributed by atoms with Gasteiger partial charge < -0.3 is 10.1 Å². The minimum absolute atomic E-state index is 0.0893. The summed E-state index contributed by atoms with van der Waals surface area (Å²) in [5.41, 5.74) is 2.03. The van der Waals surface area contributed by atoms with Gasteiger partial charge in [-0.3, -0.25) is 4.98 Å². The average Bonchev–Trinajstić information content (AvgIpc) is 2.43. The maximum absolute atomic E-state index is 5.47. The number of aromatic nitrogens is 3. The lowest BCUT2D eigenvalue weighted by Crippen LogP contribution is -2.20. The lowest BCUT2D eigenvalue weighted by molar-refractivity contribution is 0.338. The van der Waals surface area contributed by atoms with Crippen molar-refractivity contribution in [3.63, 3.8) is 0 Å². The molecule has 0 aliphatic heterocycles. The predicted octanol–water partition coefficient (Wildman–Crippen LogP) is 1.89. The topological polar surface area (TPSA) is 59.9 Å². The second-order valence-corrected chi connectivity index (χ2v) is 4.23. The lowest BCUT2D eigenvalue weighted by Gasteiger charge is -2.15. The van der Waals surface area contributed by atoms with Crippen LogP contribution in [0.25, 0.3) is 0 Å². The van der Waals surface area contributed by atoms with Crippen LogP contribution >= 0.6 is 0 Å². The van der Waals surface area contributed by atoms with E-state index in [9.17, 15) is 0 Å². The first-order valence-corrected chi connectivity index (χ1v) is 6.28. The van der Waals surface area contributed by atoms with E-state index in [1.165, 1.54) is 0 Å². The van der Waals surface area contributed by atoms with Gasteiger partial charge in [-0.1, -0.05) is 0 Å². The van der Waals surface area contributed by atoms with Gasteiger partial charge in [0.05, 0.1) is 18.8 Å². The summed E-state index contributed by atoms with van der Waals surface area (Å²) in [4.78, 5) is 12.9. The fraction of sp³-hybridized carbons (Fsp3) is 0.357. The fourth-order valence-electron chi connectivity index (χ4n) is 1.84. The van der Waals surface area contributed by atoms with Gasteiger partial charge >= 0.3 is 0 Å². The van der Waals surface area contributed by atoms with E-state index in [1.807, 2.05) is 39.4 Å². The van der Waals surface area contributed by atoms with Crippen molar-refractivity contribution in [2.75, 3.05) is 13.7 Å². The molecule has 0 aromatic carbocycles. The van der Waals surface area contributed by atoms with E-state index in [4.69, 9.17) is 4.74 Å². The van der Waals surface area contributed by atoms with Crippen LogP contribution in [0, 0.1) is 6.92 Å². The number of ether oxygens (including phenoxy) is 1. The van der Waals surface area contributed by atoms with E-state index in [0.29, 0.717) is 6.61 Å². The molecule has 100 valence electrons. The minimum Gasteiger partial charge on any atom is -0.492 e. The van der Waals surface area contributed by atoms with E-state index >= 15 is 0 Å². The minimum atomic E-state index is -0.0893. The molecule has 1 atom stereocenters. The summed E-state index contributed by atoms with van der Waals surface area (Å²) >= 11 is 0. The van der Waals surface area contributed by atoms with Gasteiger partial charge in [-0.2, -0.15) is 0 Å². The van der Waals surface area contributed by atoms with E-state index in [1.54, 1.807) is 12.4 Å². The van der Waals surface area contributed by atoms with Crippen molar-refractivity contribution in [2.24, 2.45) is 0 Å². The normalized spacial score (nSPS) is 12.2. The van der Waals surface area contributed by atoms with Crippen LogP contribution < -0.4 is 10.1 Å². The lowest BCUT2D eigenvalue weighted by atomic mass is 10.1. The first kappa shape index (κ1) is 13.4. The summed E-state index contributed by atoms with van der Waals surface area (Å²) in [6, 6.07) is 1.87. The van der Waals surface area contributed by atoms with Crippen LogP contribution in [0.2, 0.25) is 0 Å². The zero-order valence-electron chi connectivity index (χ0n) is 11.4. The smallest absolute Gasteiger partial charge is 0.149 e. The molecule has 1 N–H and O–H groups in total. The van der Waals surface area contributed by atoms with Crippen LogP contribution in [-0.4, -0.2) is 28.6 Å². The molecule has 2 aromatic rings. The van der Waals surface area contributed by atoms with Crippen molar-refractivity contribution < 1.29 is 4.74 Å². The number of rotatable bonds is 5. The Bertz CT molecular complexity index is 527. The molecule has 1 unspecified atom stereocenters. The predicted molar refractivity (Wildman–Crippen MR) is 73.1 cm³/mol. The Balaban J connectivity index is 2.30. The number of nitrogens with one attached hydrogen (secondary N) is 1. The molecule has 0 amide bonds. The molecule has 0 aliphatic rings. The van der Waals surface area contributed by atoms with Gasteiger partial charge in [-0.15, -0.1) is 0 Å².